The van der Waals surface area contributed by atoms with Gasteiger partial charge in [-0.3, -0.25) is 9.59 Å². The molecule has 2 bridgehead atoms. The van der Waals surface area contributed by atoms with E-state index >= 15 is 0 Å². The van der Waals surface area contributed by atoms with Crippen molar-refractivity contribution in [2.45, 2.75) is 51.4 Å². The second-order valence-electron chi connectivity index (χ2n) is 12.3. The fourth-order valence-electron chi connectivity index (χ4n) is 7.02. The first-order chi connectivity index (χ1) is 22.6. The van der Waals surface area contributed by atoms with Gasteiger partial charge in [-0.25, -0.2) is 9.97 Å². The van der Waals surface area contributed by atoms with Gasteiger partial charge in [0.2, 0.25) is 5.88 Å². The van der Waals surface area contributed by atoms with Crippen LogP contribution in [0.15, 0.2) is 48.7 Å². The number of aromatic nitrogens is 2. The van der Waals surface area contributed by atoms with Crippen molar-refractivity contribution in [1.29, 1.82) is 0 Å². The number of nitrogens with zero attached hydrogens (tertiary/aromatic N) is 5. The first-order valence-corrected chi connectivity index (χ1v) is 16.5. The van der Waals surface area contributed by atoms with Crippen LogP contribution in [0.5, 0.6) is 5.88 Å². The van der Waals surface area contributed by atoms with E-state index in [1.54, 1.807) is 12.3 Å². The van der Waals surface area contributed by atoms with Gasteiger partial charge in [-0.2, -0.15) is 13.2 Å². The molecule has 4 fully saturated rings. The summed E-state index contributed by atoms with van der Waals surface area (Å²) in [4.78, 5) is 42.7. The molecule has 13 heteroatoms. The van der Waals surface area contributed by atoms with Crippen LogP contribution in [0.1, 0.15) is 59.5 Å². The van der Waals surface area contributed by atoms with Crippen molar-refractivity contribution < 1.29 is 27.5 Å². The largest absolute Gasteiger partial charge is 0.477 e. The van der Waals surface area contributed by atoms with Crippen LogP contribution in [-0.4, -0.2) is 89.5 Å². The second kappa shape index (κ2) is 13.7. The van der Waals surface area contributed by atoms with Crippen LogP contribution >= 0.6 is 11.6 Å². The zero-order chi connectivity index (χ0) is 33.3. The zero-order valence-electron chi connectivity index (χ0n) is 26.4. The van der Waals surface area contributed by atoms with Gasteiger partial charge in [0, 0.05) is 49.5 Å². The molecule has 7 rings (SSSR count). The highest BCUT2D eigenvalue weighted by molar-refractivity contribution is 6.30. The van der Waals surface area contributed by atoms with Crippen molar-refractivity contribution in [3.8, 4) is 17.1 Å². The number of alkyl halides is 3. The van der Waals surface area contributed by atoms with Crippen molar-refractivity contribution in [3.05, 3.63) is 70.5 Å². The SMILES string of the molecule is CCOc1ncccc1-c1ccc(N2CCN(C(=O)c3ccc(Cl)cc3C(F)(F)F)C[C@H]2CC)c(C(=O)N[C@@H]2CN3CCC2CC3)n1. The van der Waals surface area contributed by atoms with Gasteiger partial charge in [-0.15, -0.1) is 0 Å². The van der Waals surface area contributed by atoms with Crippen LogP contribution in [-0.2, 0) is 6.18 Å². The molecule has 0 aliphatic carbocycles. The summed E-state index contributed by atoms with van der Waals surface area (Å²) in [6, 6.07) is 10.3. The summed E-state index contributed by atoms with van der Waals surface area (Å²) in [6.45, 7) is 7.75. The molecular formula is C34H38ClF3N6O3. The van der Waals surface area contributed by atoms with Gasteiger partial charge in [0.25, 0.3) is 11.8 Å². The predicted molar refractivity (Wildman–Crippen MR) is 173 cm³/mol. The van der Waals surface area contributed by atoms with Crippen LogP contribution in [0.25, 0.3) is 11.3 Å². The first-order valence-electron chi connectivity index (χ1n) is 16.1. The third-order valence-corrected chi connectivity index (χ3v) is 9.69. The number of nitrogens with one attached hydrogen (secondary N) is 1. The number of hydrogen-bond acceptors (Lipinski definition) is 7. The van der Waals surface area contributed by atoms with E-state index in [0.29, 0.717) is 48.3 Å². The number of pyridine rings is 2. The molecule has 250 valence electrons. The molecule has 4 saturated heterocycles. The summed E-state index contributed by atoms with van der Waals surface area (Å²) in [5.74, 6) is -0.170. The molecule has 9 nitrogen and oxygen atoms in total. The highest BCUT2D eigenvalue weighted by Gasteiger charge is 2.39. The molecule has 1 N–H and O–H groups in total. The average molecular weight is 671 g/mol. The molecule has 4 aliphatic rings. The molecule has 0 spiro atoms. The van der Waals surface area contributed by atoms with Crippen molar-refractivity contribution in [2.24, 2.45) is 5.92 Å². The van der Waals surface area contributed by atoms with E-state index < -0.39 is 23.2 Å². The van der Waals surface area contributed by atoms with Crippen molar-refractivity contribution in [3.63, 3.8) is 0 Å². The Bertz CT molecular complexity index is 1630. The fraction of sp³-hybridized carbons (Fsp3) is 0.471. The molecule has 0 saturated carbocycles. The molecule has 2 aromatic heterocycles. The summed E-state index contributed by atoms with van der Waals surface area (Å²) in [6.07, 6.45) is -0.441. The van der Waals surface area contributed by atoms with E-state index in [-0.39, 0.29) is 41.8 Å². The Morgan fingerprint density at radius 1 is 1.04 bits per heavy atom. The number of carbonyl (C=O) groups excluding carboxylic acids is 2. The minimum Gasteiger partial charge on any atom is -0.477 e. The number of rotatable bonds is 8. The van der Waals surface area contributed by atoms with Gasteiger partial charge >= 0.3 is 6.18 Å². The van der Waals surface area contributed by atoms with E-state index in [2.05, 4.69) is 15.2 Å². The van der Waals surface area contributed by atoms with Crippen molar-refractivity contribution in [2.75, 3.05) is 50.8 Å². The second-order valence-corrected chi connectivity index (χ2v) is 12.7. The van der Waals surface area contributed by atoms with Crippen LogP contribution in [0, 0.1) is 5.92 Å². The molecule has 4 aliphatic heterocycles. The number of carbonyl (C=O) groups is 2. The number of fused-ring (bicyclic) bond motifs is 3. The molecule has 2 amide bonds. The summed E-state index contributed by atoms with van der Waals surface area (Å²) < 4.78 is 47.3. The molecule has 6 heterocycles. The van der Waals surface area contributed by atoms with E-state index in [1.807, 2.05) is 36.9 Å². The summed E-state index contributed by atoms with van der Waals surface area (Å²) in [5.41, 5.74) is 0.558. The number of benzene rings is 1. The van der Waals surface area contributed by atoms with Gasteiger partial charge in [-0.1, -0.05) is 18.5 Å². The molecule has 0 radical (unpaired) electrons. The predicted octanol–water partition coefficient (Wildman–Crippen LogP) is 5.78. The van der Waals surface area contributed by atoms with Gasteiger partial charge in [0.05, 0.1) is 34.7 Å². The van der Waals surface area contributed by atoms with Gasteiger partial charge in [-0.05, 0) is 87.7 Å². The third kappa shape index (κ3) is 6.89. The summed E-state index contributed by atoms with van der Waals surface area (Å²) >= 11 is 5.86. The monoisotopic (exact) mass is 670 g/mol. The van der Waals surface area contributed by atoms with Crippen LogP contribution < -0.4 is 15.0 Å². The van der Waals surface area contributed by atoms with Gasteiger partial charge in [0.15, 0.2) is 5.69 Å². The van der Waals surface area contributed by atoms with Crippen molar-refractivity contribution >= 4 is 29.1 Å². The number of piperazine rings is 1. The lowest BCUT2D eigenvalue weighted by Gasteiger charge is -2.45. The number of halogens is 4. The van der Waals surface area contributed by atoms with Crippen molar-refractivity contribution in [1.82, 2.24) is 25.1 Å². The maximum absolute atomic E-state index is 14.1. The Morgan fingerprint density at radius 2 is 1.83 bits per heavy atom. The normalized spacial score (nSPS) is 22.7. The molecule has 2 atom stereocenters. The Kier molecular flexibility index (Phi) is 9.61. The lowest BCUT2D eigenvalue weighted by molar-refractivity contribution is -0.138. The fourth-order valence-corrected chi connectivity index (χ4v) is 7.19. The standard InChI is InChI=1S/C34H38ClF3N6O3/c1-3-23-19-43(33(46)24-8-7-22(35)18-26(24)34(36,37)38)16-17-44(23)29-10-9-27(25-6-5-13-39-32(25)47-4-2)40-30(29)31(45)41-28-20-42-14-11-21(28)12-15-42/h5-10,13,18,21,23,28H,3-4,11-12,14-17,19-20H2,1-2H3,(H,41,45)/t23-,28-/m1/s1. The molecule has 47 heavy (non-hydrogen) atoms. The Morgan fingerprint density at radius 3 is 2.51 bits per heavy atom. The Hall–Kier alpha value is -3.90. The van der Waals surface area contributed by atoms with E-state index in [1.165, 1.54) is 11.0 Å². The summed E-state index contributed by atoms with van der Waals surface area (Å²) in [5, 5.41) is 3.18. The lowest BCUT2D eigenvalue weighted by Crippen LogP contribution is -2.57. The van der Waals surface area contributed by atoms with E-state index in [9.17, 15) is 22.8 Å². The van der Waals surface area contributed by atoms with Crippen LogP contribution in [0.2, 0.25) is 5.02 Å². The van der Waals surface area contributed by atoms with Gasteiger partial charge < -0.3 is 24.8 Å². The number of piperidine rings is 3. The maximum Gasteiger partial charge on any atom is 0.417 e. The smallest absolute Gasteiger partial charge is 0.417 e. The Labute approximate surface area is 277 Å². The summed E-state index contributed by atoms with van der Waals surface area (Å²) in [7, 11) is 0. The average Bonchev–Trinajstić information content (AvgIpc) is 3.08. The molecule has 1 aromatic carbocycles. The zero-order valence-corrected chi connectivity index (χ0v) is 27.2. The third-order valence-electron chi connectivity index (χ3n) is 9.46. The lowest BCUT2D eigenvalue weighted by atomic mass is 9.84. The maximum atomic E-state index is 14.1. The van der Waals surface area contributed by atoms with Crippen LogP contribution in [0.4, 0.5) is 18.9 Å². The highest BCUT2D eigenvalue weighted by atomic mass is 35.5. The molecular weight excluding hydrogens is 633 g/mol. The Balaban J connectivity index is 1.31. The topological polar surface area (TPSA) is 90.9 Å². The number of ether oxygens (including phenoxy) is 1. The molecule has 0 unspecified atom stereocenters. The molecule has 3 aromatic rings. The highest BCUT2D eigenvalue weighted by Crippen LogP contribution is 2.36. The van der Waals surface area contributed by atoms with E-state index in [4.69, 9.17) is 21.3 Å². The number of anilines is 1. The first kappa shape index (κ1) is 33.0. The van der Waals surface area contributed by atoms with Crippen LogP contribution in [0.3, 0.4) is 0 Å². The minimum absolute atomic E-state index is 0.0133. The minimum atomic E-state index is -4.73. The number of hydrogen-bond donors (Lipinski definition) is 1. The van der Waals surface area contributed by atoms with E-state index in [0.717, 1.165) is 44.6 Å². The number of amides is 2. The quantitative estimate of drug-likeness (QED) is 0.325. The van der Waals surface area contributed by atoms with Gasteiger partial charge in [0.1, 0.15) is 0 Å².